The molecule has 0 aliphatic carbocycles. The molecule has 1 fully saturated rings. The van der Waals surface area contributed by atoms with E-state index in [9.17, 15) is 0 Å². The molecule has 1 aromatic heterocycles. The molecule has 3 nitrogen and oxygen atoms in total. The van der Waals surface area contributed by atoms with Gasteiger partial charge in [0.2, 0.25) is 0 Å². The summed E-state index contributed by atoms with van der Waals surface area (Å²) in [6.45, 7) is 5.55. The Morgan fingerprint density at radius 3 is 3.35 bits per heavy atom. The minimum Gasteiger partial charge on any atom is -0.351 e. The van der Waals surface area contributed by atoms with Gasteiger partial charge in [0.25, 0.3) is 0 Å². The van der Waals surface area contributed by atoms with Crippen molar-refractivity contribution < 1.29 is 0 Å². The zero-order valence-corrected chi connectivity index (χ0v) is 10.6. The summed E-state index contributed by atoms with van der Waals surface area (Å²) in [5.74, 6) is 1.25. The first kappa shape index (κ1) is 11.0. The van der Waals surface area contributed by atoms with E-state index in [4.69, 9.17) is 4.98 Å². The van der Waals surface area contributed by atoms with Crippen molar-refractivity contribution in [2.45, 2.75) is 38.6 Å². The zero-order chi connectivity index (χ0) is 11.7. The number of hydrogen-bond acceptors (Lipinski definition) is 3. The topological polar surface area (TPSA) is 28.2 Å². The van der Waals surface area contributed by atoms with Gasteiger partial charge in [0.15, 0.2) is 0 Å². The van der Waals surface area contributed by atoms with Crippen molar-refractivity contribution in [3.63, 3.8) is 0 Å². The summed E-state index contributed by atoms with van der Waals surface area (Å²) in [6, 6.07) is 3.05. The maximum Gasteiger partial charge on any atom is 0.132 e. The van der Waals surface area contributed by atoms with Gasteiger partial charge < -0.3 is 10.2 Å². The average Bonchev–Trinajstić information content (AvgIpc) is 2.39. The normalized spacial score (nSPS) is 23.1. The Morgan fingerprint density at radius 1 is 1.53 bits per heavy atom. The van der Waals surface area contributed by atoms with E-state index in [0.29, 0.717) is 6.04 Å². The molecule has 0 spiro atoms. The zero-order valence-electron chi connectivity index (χ0n) is 10.6. The highest BCUT2D eigenvalue weighted by molar-refractivity contribution is 5.52. The van der Waals surface area contributed by atoms with Crippen molar-refractivity contribution in [3.8, 4) is 0 Å². The third-order valence-corrected chi connectivity index (χ3v) is 3.91. The van der Waals surface area contributed by atoms with E-state index >= 15 is 0 Å². The largest absolute Gasteiger partial charge is 0.351 e. The van der Waals surface area contributed by atoms with Crippen LogP contribution in [0.2, 0.25) is 0 Å². The van der Waals surface area contributed by atoms with Crippen LogP contribution in [0.15, 0.2) is 12.3 Å². The maximum atomic E-state index is 4.72. The lowest BCUT2D eigenvalue weighted by atomic mass is 9.95. The molecule has 1 aromatic rings. The Kier molecular flexibility index (Phi) is 3.02. The van der Waals surface area contributed by atoms with Crippen molar-refractivity contribution >= 4 is 5.82 Å². The lowest BCUT2D eigenvalue weighted by Crippen LogP contribution is -2.53. The fraction of sp³-hybridized carbons (Fsp3) is 0.643. The van der Waals surface area contributed by atoms with Crippen LogP contribution in [0.3, 0.4) is 0 Å². The molecule has 0 saturated carbocycles. The summed E-state index contributed by atoms with van der Waals surface area (Å²) in [4.78, 5) is 7.23. The minimum absolute atomic E-state index is 0.667. The molecular formula is C14H21N3. The fourth-order valence-electron chi connectivity index (χ4n) is 3.04. The summed E-state index contributed by atoms with van der Waals surface area (Å²) >= 11 is 0. The van der Waals surface area contributed by atoms with Crippen LogP contribution in [-0.2, 0) is 12.8 Å². The number of pyridine rings is 1. The Hall–Kier alpha value is -1.09. The Morgan fingerprint density at radius 2 is 2.47 bits per heavy atom. The summed E-state index contributed by atoms with van der Waals surface area (Å²) in [5, 5.41) is 3.48. The Balaban J connectivity index is 1.89. The first-order chi connectivity index (χ1) is 8.38. The first-order valence-electron chi connectivity index (χ1n) is 6.83. The number of rotatable bonds is 2. The number of piperazine rings is 1. The van der Waals surface area contributed by atoms with Crippen LogP contribution in [0, 0.1) is 0 Å². The monoisotopic (exact) mass is 231 g/mol. The highest BCUT2D eigenvalue weighted by atomic mass is 15.3. The lowest BCUT2D eigenvalue weighted by Gasteiger charge is -2.41. The lowest BCUT2D eigenvalue weighted by molar-refractivity contribution is 0.435. The van der Waals surface area contributed by atoms with Crippen LogP contribution in [0.4, 0.5) is 5.82 Å². The molecule has 0 amide bonds. The third kappa shape index (κ3) is 2.04. The molecule has 0 aromatic carbocycles. The summed E-state index contributed by atoms with van der Waals surface area (Å²) in [7, 11) is 0. The summed E-state index contributed by atoms with van der Waals surface area (Å²) < 4.78 is 0. The van der Waals surface area contributed by atoms with Crippen molar-refractivity contribution in [2.24, 2.45) is 0 Å². The Bertz CT molecular complexity index is 402. The molecule has 2 aliphatic heterocycles. The molecule has 0 radical (unpaired) electrons. The molecule has 17 heavy (non-hydrogen) atoms. The average molecular weight is 231 g/mol. The van der Waals surface area contributed by atoms with E-state index in [-0.39, 0.29) is 0 Å². The molecule has 2 aliphatic rings. The number of fused-ring (bicyclic) bond motifs is 3. The van der Waals surface area contributed by atoms with E-state index in [1.54, 1.807) is 0 Å². The highest BCUT2D eigenvalue weighted by Gasteiger charge is 2.29. The Labute approximate surface area is 103 Å². The van der Waals surface area contributed by atoms with Gasteiger partial charge in [-0.15, -0.1) is 0 Å². The minimum atomic E-state index is 0.667. The molecular weight excluding hydrogens is 210 g/mol. The van der Waals surface area contributed by atoms with Crippen molar-refractivity contribution in [2.75, 3.05) is 24.5 Å². The van der Waals surface area contributed by atoms with Gasteiger partial charge in [-0.2, -0.15) is 0 Å². The van der Waals surface area contributed by atoms with Crippen molar-refractivity contribution in [1.82, 2.24) is 10.3 Å². The summed E-state index contributed by atoms with van der Waals surface area (Å²) in [5.41, 5.74) is 2.87. The number of nitrogens with one attached hydrogen (secondary N) is 1. The molecule has 1 atom stereocenters. The molecule has 92 valence electrons. The highest BCUT2D eigenvalue weighted by Crippen LogP contribution is 2.30. The van der Waals surface area contributed by atoms with Gasteiger partial charge in [0, 0.05) is 31.9 Å². The van der Waals surface area contributed by atoms with E-state index < -0.39 is 0 Å². The number of hydrogen-bond donors (Lipinski definition) is 1. The second-order valence-electron chi connectivity index (χ2n) is 5.17. The molecule has 1 saturated heterocycles. The molecule has 3 heterocycles. The second kappa shape index (κ2) is 4.65. The van der Waals surface area contributed by atoms with Crippen LogP contribution in [0.25, 0.3) is 0 Å². The van der Waals surface area contributed by atoms with E-state index in [0.717, 1.165) is 26.1 Å². The first-order valence-corrected chi connectivity index (χ1v) is 6.83. The van der Waals surface area contributed by atoms with Crippen molar-refractivity contribution in [1.29, 1.82) is 0 Å². The van der Waals surface area contributed by atoms with Gasteiger partial charge in [0.05, 0.1) is 0 Å². The molecule has 3 heteroatoms. The van der Waals surface area contributed by atoms with Gasteiger partial charge in [-0.1, -0.05) is 19.4 Å². The van der Waals surface area contributed by atoms with Gasteiger partial charge in [-0.05, 0) is 30.4 Å². The number of anilines is 1. The van der Waals surface area contributed by atoms with Gasteiger partial charge in [-0.3, -0.25) is 0 Å². The third-order valence-electron chi connectivity index (χ3n) is 3.91. The SMILES string of the molecule is CCCc1cnc2c(c1)CC[C@@H]1CNCCN21. The van der Waals surface area contributed by atoms with E-state index in [1.165, 1.54) is 36.2 Å². The van der Waals surface area contributed by atoms with Gasteiger partial charge >= 0.3 is 0 Å². The van der Waals surface area contributed by atoms with Crippen LogP contribution in [0.1, 0.15) is 30.9 Å². The van der Waals surface area contributed by atoms with Gasteiger partial charge in [-0.25, -0.2) is 4.98 Å². The fourth-order valence-corrected chi connectivity index (χ4v) is 3.04. The number of nitrogens with zero attached hydrogens (tertiary/aromatic N) is 2. The number of aromatic nitrogens is 1. The predicted octanol–water partition coefficient (Wildman–Crippen LogP) is 1.76. The second-order valence-corrected chi connectivity index (χ2v) is 5.17. The standard InChI is InChI=1S/C14H21N3/c1-2-3-11-8-12-4-5-13-10-15-6-7-17(13)14(12)16-9-11/h8-9,13,15H,2-7,10H2,1H3/t13-/m1/s1. The number of aryl methyl sites for hydroxylation is 2. The van der Waals surface area contributed by atoms with Crippen LogP contribution in [0.5, 0.6) is 0 Å². The summed E-state index contributed by atoms with van der Waals surface area (Å²) in [6.07, 6.45) is 6.91. The maximum absolute atomic E-state index is 4.72. The van der Waals surface area contributed by atoms with E-state index in [2.05, 4.69) is 29.4 Å². The smallest absolute Gasteiger partial charge is 0.132 e. The molecule has 3 rings (SSSR count). The van der Waals surface area contributed by atoms with Gasteiger partial charge in [0.1, 0.15) is 5.82 Å². The van der Waals surface area contributed by atoms with Crippen LogP contribution in [-0.4, -0.2) is 30.7 Å². The van der Waals surface area contributed by atoms with Crippen LogP contribution < -0.4 is 10.2 Å². The molecule has 0 bridgehead atoms. The van der Waals surface area contributed by atoms with Crippen LogP contribution >= 0.6 is 0 Å². The van der Waals surface area contributed by atoms with Crippen molar-refractivity contribution in [3.05, 3.63) is 23.4 Å². The predicted molar refractivity (Wildman–Crippen MR) is 70.6 cm³/mol. The quantitative estimate of drug-likeness (QED) is 0.840. The molecule has 1 N–H and O–H groups in total. The van der Waals surface area contributed by atoms with E-state index in [1.807, 2.05) is 0 Å². The molecule has 0 unspecified atom stereocenters.